The van der Waals surface area contributed by atoms with Crippen molar-refractivity contribution in [1.82, 2.24) is 19.9 Å². The quantitative estimate of drug-likeness (QED) is 0.500. The summed E-state index contributed by atoms with van der Waals surface area (Å²) in [6, 6.07) is 16.5. The molecule has 0 unspecified atom stereocenters. The molecule has 0 radical (unpaired) electrons. The lowest BCUT2D eigenvalue weighted by Gasteiger charge is -2.30. The molecule has 0 saturated carbocycles. The Bertz CT molecular complexity index is 1170. The molecule has 30 heavy (non-hydrogen) atoms. The Morgan fingerprint density at radius 1 is 1.03 bits per heavy atom. The highest BCUT2D eigenvalue weighted by molar-refractivity contribution is 5.92. The van der Waals surface area contributed by atoms with Crippen LogP contribution < -0.4 is 15.0 Å². The van der Waals surface area contributed by atoms with E-state index in [1.165, 1.54) is 5.69 Å². The largest absolute Gasteiger partial charge is 0.491 e. The van der Waals surface area contributed by atoms with Crippen LogP contribution in [0.1, 0.15) is 0 Å². The van der Waals surface area contributed by atoms with Gasteiger partial charge in [-0.05, 0) is 30.3 Å². The number of hydrogen-bond acceptors (Lipinski definition) is 6. The molecule has 0 bridgehead atoms. The molecule has 2 aromatic carbocycles. The molecule has 0 aliphatic carbocycles. The van der Waals surface area contributed by atoms with E-state index < -0.39 is 0 Å². The monoisotopic (exact) mass is 403 g/mol. The van der Waals surface area contributed by atoms with Gasteiger partial charge < -0.3 is 19.7 Å². The normalized spacial score (nSPS) is 14.5. The lowest BCUT2D eigenvalue weighted by atomic mass is 10.1. The SMILES string of the molecule is COCCOc1ccc2c(c1)ncn2-c1ccc2cccc(N3CCNCC3)c2n1. The van der Waals surface area contributed by atoms with Crippen LogP contribution in [0.4, 0.5) is 5.69 Å². The van der Waals surface area contributed by atoms with Gasteiger partial charge in [-0.3, -0.25) is 4.57 Å². The Morgan fingerprint density at radius 2 is 1.93 bits per heavy atom. The van der Waals surface area contributed by atoms with Crippen molar-refractivity contribution in [1.29, 1.82) is 0 Å². The van der Waals surface area contributed by atoms with Gasteiger partial charge in [-0.1, -0.05) is 12.1 Å². The lowest BCUT2D eigenvalue weighted by Crippen LogP contribution is -2.43. The second-order valence-corrected chi connectivity index (χ2v) is 7.36. The Kier molecular flexibility index (Phi) is 5.21. The number of ether oxygens (including phenoxy) is 2. The van der Waals surface area contributed by atoms with E-state index >= 15 is 0 Å². The Hall–Kier alpha value is -3.16. The zero-order valence-electron chi connectivity index (χ0n) is 17.0. The van der Waals surface area contributed by atoms with E-state index in [9.17, 15) is 0 Å². The molecular weight excluding hydrogens is 378 g/mol. The molecule has 1 aliphatic rings. The van der Waals surface area contributed by atoms with Crippen molar-refractivity contribution in [3.05, 3.63) is 54.9 Å². The van der Waals surface area contributed by atoms with E-state index in [4.69, 9.17) is 14.5 Å². The van der Waals surface area contributed by atoms with Gasteiger partial charge in [0.1, 0.15) is 24.5 Å². The molecule has 0 atom stereocenters. The summed E-state index contributed by atoms with van der Waals surface area (Å²) in [5, 5.41) is 4.56. The molecule has 0 spiro atoms. The van der Waals surface area contributed by atoms with Crippen molar-refractivity contribution in [3.8, 4) is 11.6 Å². The molecule has 5 rings (SSSR count). The maximum atomic E-state index is 5.71. The van der Waals surface area contributed by atoms with E-state index in [2.05, 4.69) is 39.5 Å². The summed E-state index contributed by atoms with van der Waals surface area (Å²) in [4.78, 5) is 12.0. The zero-order valence-corrected chi connectivity index (χ0v) is 17.0. The number of para-hydroxylation sites is 1. The third-order valence-corrected chi connectivity index (χ3v) is 5.46. The highest BCUT2D eigenvalue weighted by Crippen LogP contribution is 2.28. The first kappa shape index (κ1) is 18.8. The second-order valence-electron chi connectivity index (χ2n) is 7.36. The summed E-state index contributed by atoms with van der Waals surface area (Å²) in [7, 11) is 1.67. The summed E-state index contributed by atoms with van der Waals surface area (Å²) in [5.41, 5.74) is 4.09. The first-order valence-corrected chi connectivity index (χ1v) is 10.3. The van der Waals surface area contributed by atoms with Crippen LogP contribution in [-0.4, -0.2) is 61.0 Å². The highest BCUT2D eigenvalue weighted by atomic mass is 16.5. The molecule has 1 aliphatic heterocycles. The number of nitrogens with one attached hydrogen (secondary N) is 1. The number of nitrogens with zero attached hydrogens (tertiary/aromatic N) is 4. The Morgan fingerprint density at radius 3 is 2.80 bits per heavy atom. The predicted octanol–water partition coefficient (Wildman–Crippen LogP) is 3.01. The Balaban J connectivity index is 1.52. The number of benzene rings is 2. The third-order valence-electron chi connectivity index (χ3n) is 5.46. The van der Waals surface area contributed by atoms with E-state index in [1.807, 2.05) is 35.2 Å². The number of anilines is 1. The molecular formula is C23H25N5O2. The molecule has 7 nitrogen and oxygen atoms in total. The summed E-state index contributed by atoms with van der Waals surface area (Å²) in [6.07, 6.45) is 1.82. The standard InChI is InChI=1S/C23H25N5O2/c1-29-13-14-30-18-6-7-20-19(15-18)25-16-28(20)22-8-5-17-3-2-4-21(23(17)26-22)27-11-9-24-10-12-27/h2-8,15-16,24H,9-14H2,1H3. The fourth-order valence-corrected chi connectivity index (χ4v) is 3.92. The van der Waals surface area contributed by atoms with E-state index in [0.717, 1.165) is 59.7 Å². The van der Waals surface area contributed by atoms with Crippen LogP contribution in [0.3, 0.4) is 0 Å². The minimum atomic E-state index is 0.518. The second kappa shape index (κ2) is 8.30. The molecule has 3 heterocycles. The summed E-state index contributed by atoms with van der Waals surface area (Å²) in [5.74, 6) is 1.65. The van der Waals surface area contributed by atoms with Gasteiger partial charge in [0.15, 0.2) is 0 Å². The summed E-state index contributed by atoms with van der Waals surface area (Å²) < 4.78 is 12.8. The predicted molar refractivity (Wildman–Crippen MR) is 119 cm³/mol. The molecule has 0 amide bonds. The van der Waals surface area contributed by atoms with Gasteiger partial charge in [-0.15, -0.1) is 0 Å². The minimum Gasteiger partial charge on any atom is -0.491 e. The number of pyridine rings is 1. The van der Waals surface area contributed by atoms with Gasteiger partial charge >= 0.3 is 0 Å². The number of imidazole rings is 1. The topological polar surface area (TPSA) is 64.4 Å². The van der Waals surface area contributed by atoms with Crippen LogP contribution in [0.5, 0.6) is 5.75 Å². The van der Waals surface area contributed by atoms with Gasteiger partial charge in [0.05, 0.1) is 28.8 Å². The van der Waals surface area contributed by atoms with Crippen molar-refractivity contribution < 1.29 is 9.47 Å². The van der Waals surface area contributed by atoms with Crippen LogP contribution in [0.25, 0.3) is 27.8 Å². The van der Waals surface area contributed by atoms with Gasteiger partial charge in [0.2, 0.25) is 0 Å². The third kappa shape index (κ3) is 3.58. The van der Waals surface area contributed by atoms with Crippen LogP contribution in [-0.2, 0) is 4.74 Å². The fourth-order valence-electron chi connectivity index (χ4n) is 3.92. The molecule has 7 heteroatoms. The first-order chi connectivity index (χ1) is 14.8. The van der Waals surface area contributed by atoms with E-state index in [1.54, 1.807) is 7.11 Å². The number of hydrogen-bond donors (Lipinski definition) is 1. The maximum absolute atomic E-state index is 5.71. The average Bonchev–Trinajstić information content (AvgIpc) is 3.22. The summed E-state index contributed by atoms with van der Waals surface area (Å²) >= 11 is 0. The van der Waals surface area contributed by atoms with Gasteiger partial charge in [0, 0.05) is 44.7 Å². The van der Waals surface area contributed by atoms with Crippen molar-refractivity contribution in [2.45, 2.75) is 0 Å². The van der Waals surface area contributed by atoms with Gasteiger partial charge in [-0.25, -0.2) is 9.97 Å². The molecule has 1 N–H and O–H groups in total. The van der Waals surface area contributed by atoms with E-state index in [-0.39, 0.29) is 0 Å². The van der Waals surface area contributed by atoms with Crippen molar-refractivity contribution in [3.63, 3.8) is 0 Å². The average molecular weight is 403 g/mol. The summed E-state index contributed by atoms with van der Waals surface area (Å²) in [6.45, 7) is 5.05. The molecule has 1 fully saturated rings. The van der Waals surface area contributed by atoms with Crippen molar-refractivity contribution in [2.24, 2.45) is 0 Å². The number of methoxy groups -OCH3 is 1. The number of piperazine rings is 1. The zero-order chi connectivity index (χ0) is 20.3. The number of aromatic nitrogens is 3. The van der Waals surface area contributed by atoms with E-state index in [0.29, 0.717) is 13.2 Å². The first-order valence-electron chi connectivity index (χ1n) is 10.3. The number of fused-ring (bicyclic) bond motifs is 2. The van der Waals surface area contributed by atoms with Crippen LogP contribution in [0.15, 0.2) is 54.9 Å². The van der Waals surface area contributed by atoms with Crippen molar-refractivity contribution >= 4 is 27.6 Å². The Labute approximate surface area is 175 Å². The van der Waals surface area contributed by atoms with Crippen LogP contribution in [0.2, 0.25) is 0 Å². The lowest BCUT2D eigenvalue weighted by molar-refractivity contribution is 0.146. The maximum Gasteiger partial charge on any atom is 0.139 e. The molecule has 2 aromatic heterocycles. The minimum absolute atomic E-state index is 0.518. The smallest absolute Gasteiger partial charge is 0.139 e. The van der Waals surface area contributed by atoms with Gasteiger partial charge in [0.25, 0.3) is 0 Å². The van der Waals surface area contributed by atoms with Crippen LogP contribution in [0, 0.1) is 0 Å². The van der Waals surface area contributed by atoms with Crippen LogP contribution >= 0.6 is 0 Å². The number of rotatable bonds is 6. The van der Waals surface area contributed by atoms with Crippen molar-refractivity contribution in [2.75, 3.05) is 51.4 Å². The molecule has 1 saturated heterocycles. The fraction of sp³-hybridized carbons (Fsp3) is 0.304. The molecule has 4 aromatic rings. The highest BCUT2D eigenvalue weighted by Gasteiger charge is 2.15. The molecule has 154 valence electrons. The van der Waals surface area contributed by atoms with Gasteiger partial charge in [-0.2, -0.15) is 0 Å².